The van der Waals surface area contributed by atoms with Gasteiger partial charge in [0.15, 0.2) is 0 Å². The molecule has 6 rings (SSSR count). The quantitative estimate of drug-likeness (QED) is 0.410. The minimum absolute atomic E-state index is 0.0931. The van der Waals surface area contributed by atoms with Gasteiger partial charge in [0.05, 0.1) is 13.2 Å². The van der Waals surface area contributed by atoms with Crippen LogP contribution in [0.5, 0.6) is 5.75 Å². The van der Waals surface area contributed by atoms with Crippen molar-refractivity contribution in [3.63, 3.8) is 0 Å². The van der Waals surface area contributed by atoms with E-state index in [1.165, 1.54) is 55.4 Å². The highest BCUT2D eigenvalue weighted by atomic mass is 19.1. The first-order valence-electron chi connectivity index (χ1n) is 14.3. The Morgan fingerprint density at radius 1 is 1.03 bits per heavy atom. The van der Waals surface area contributed by atoms with E-state index in [1.807, 2.05) is 24.0 Å². The molecule has 2 aliphatic carbocycles. The van der Waals surface area contributed by atoms with Gasteiger partial charge in [-0.25, -0.2) is 9.18 Å². The van der Waals surface area contributed by atoms with Crippen LogP contribution in [0, 0.1) is 5.82 Å². The number of carbonyl (C=O) groups is 1. The number of hydrogen-bond donors (Lipinski definition) is 0. The van der Waals surface area contributed by atoms with Gasteiger partial charge in [0.2, 0.25) is 0 Å². The van der Waals surface area contributed by atoms with Crippen LogP contribution in [0.4, 0.5) is 9.18 Å². The maximum absolute atomic E-state index is 13.6. The predicted octanol–water partition coefficient (Wildman–Crippen LogP) is 6.89. The standard InChI is InChI=1S/C31H39FN2O3/c1-2-36-29-19-28(23-10-12-25(32)13-11-23)27(22-8-9-22)18-24(29)20-33-16-14-31(15-17-33)21-34(30(35)37-31)26-6-4-3-5-7-26/h10-13,18-19,22,26H,2-9,14-17,20-21H2,1H3. The van der Waals surface area contributed by atoms with Gasteiger partial charge in [-0.15, -0.1) is 0 Å². The lowest BCUT2D eigenvalue weighted by atomic mass is 9.89. The number of piperidine rings is 1. The molecular formula is C31H39FN2O3. The molecule has 1 spiro atoms. The second-order valence-corrected chi connectivity index (χ2v) is 11.5. The van der Waals surface area contributed by atoms with Crippen LogP contribution < -0.4 is 4.74 Å². The van der Waals surface area contributed by atoms with E-state index in [2.05, 4.69) is 17.0 Å². The number of hydrogen-bond acceptors (Lipinski definition) is 4. The molecule has 2 aromatic rings. The molecular weight excluding hydrogens is 467 g/mol. The number of ether oxygens (including phenoxy) is 2. The summed E-state index contributed by atoms with van der Waals surface area (Å²) in [5.41, 5.74) is 4.46. The van der Waals surface area contributed by atoms with E-state index < -0.39 is 0 Å². The second-order valence-electron chi connectivity index (χ2n) is 11.5. The maximum atomic E-state index is 13.6. The predicted molar refractivity (Wildman–Crippen MR) is 142 cm³/mol. The Morgan fingerprint density at radius 3 is 2.43 bits per heavy atom. The third-order valence-corrected chi connectivity index (χ3v) is 8.88. The number of rotatable bonds is 7. The molecule has 37 heavy (non-hydrogen) atoms. The first kappa shape index (κ1) is 24.7. The van der Waals surface area contributed by atoms with Crippen LogP contribution in [-0.2, 0) is 11.3 Å². The molecule has 0 radical (unpaired) electrons. The summed E-state index contributed by atoms with van der Waals surface area (Å²) in [6, 6.07) is 11.7. The Kier molecular flexibility index (Phi) is 6.87. The average Bonchev–Trinajstić information content (AvgIpc) is 3.71. The van der Waals surface area contributed by atoms with Crippen LogP contribution in [-0.4, -0.2) is 53.8 Å². The van der Waals surface area contributed by atoms with Crippen molar-refractivity contribution in [3.8, 4) is 16.9 Å². The second kappa shape index (κ2) is 10.3. The summed E-state index contributed by atoms with van der Waals surface area (Å²) < 4.78 is 25.8. The van der Waals surface area contributed by atoms with E-state index in [4.69, 9.17) is 9.47 Å². The molecule has 0 unspecified atom stereocenters. The van der Waals surface area contributed by atoms with Crippen molar-refractivity contribution >= 4 is 6.09 Å². The molecule has 4 aliphatic rings. The summed E-state index contributed by atoms with van der Waals surface area (Å²) in [6.07, 6.45) is 10.1. The van der Waals surface area contributed by atoms with E-state index in [0.29, 0.717) is 18.6 Å². The van der Waals surface area contributed by atoms with Crippen LogP contribution in [0.15, 0.2) is 36.4 Å². The first-order valence-corrected chi connectivity index (χ1v) is 14.3. The Bertz CT molecular complexity index is 1120. The lowest BCUT2D eigenvalue weighted by molar-refractivity contribution is -0.00150. The topological polar surface area (TPSA) is 42.0 Å². The number of halogens is 1. The van der Waals surface area contributed by atoms with Gasteiger partial charge >= 0.3 is 6.09 Å². The summed E-state index contributed by atoms with van der Waals surface area (Å²) in [4.78, 5) is 17.3. The van der Waals surface area contributed by atoms with Crippen molar-refractivity contribution in [2.45, 2.75) is 88.8 Å². The molecule has 2 saturated carbocycles. The van der Waals surface area contributed by atoms with Crippen LogP contribution in [0.1, 0.15) is 81.8 Å². The molecule has 0 bridgehead atoms. The Morgan fingerprint density at radius 2 is 1.76 bits per heavy atom. The number of nitrogens with zero attached hydrogens (tertiary/aromatic N) is 2. The fraction of sp³-hybridized carbons (Fsp3) is 0.581. The molecule has 0 atom stereocenters. The average molecular weight is 507 g/mol. The van der Waals surface area contributed by atoms with Crippen molar-refractivity contribution < 1.29 is 18.7 Å². The minimum Gasteiger partial charge on any atom is -0.494 e. The molecule has 198 valence electrons. The Labute approximate surface area is 219 Å². The number of likely N-dealkylation sites (tertiary alicyclic amines) is 1. The highest BCUT2D eigenvalue weighted by Gasteiger charge is 2.48. The molecule has 1 amide bonds. The monoisotopic (exact) mass is 506 g/mol. The van der Waals surface area contributed by atoms with E-state index in [0.717, 1.165) is 68.7 Å². The molecule has 2 heterocycles. The zero-order chi connectivity index (χ0) is 25.4. The Hall–Kier alpha value is -2.60. The van der Waals surface area contributed by atoms with Crippen molar-refractivity contribution in [3.05, 3.63) is 53.3 Å². The van der Waals surface area contributed by atoms with Gasteiger partial charge in [0.25, 0.3) is 0 Å². The van der Waals surface area contributed by atoms with E-state index in [-0.39, 0.29) is 17.5 Å². The fourth-order valence-electron chi connectivity index (χ4n) is 6.61. The summed E-state index contributed by atoms with van der Waals surface area (Å²) in [7, 11) is 0. The number of benzene rings is 2. The van der Waals surface area contributed by atoms with Crippen LogP contribution in [0.2, 0.25) is 0 Å². The van der Waals surface area contributed by atoms with Crippen molar-refractivity contribution in [2.75, 3.05) is 26.2 Å². The lowest BCUT2D eigenvalue weighted by Gasteiger charge is -2.38. The van der Waals surface area contributed by atoms with Gasteiger partial charge in [-0.2, -0.15) is 0 Å². The normalized spacial score (nSPS) is 22.4. The molecule has 0 aromatic heterocycles. The van der Waals surface area contributed by atoms with Gasteiger partial charge < -0.3 is 14.4 Å². The molecule has 2 saturated heterocycles. The van der Waals surface area contributed by atoms with Crippen LogP contribution in [0.3, 0.4) is 0 Å². The molecule has 2 aliphatic heterocycles. The fourth-order valence-corrected chi connectivity index (χ4v) is 6.61. The largest absolute Gasteiger partial charge is 0.494 e. The molecule has 0 N–H and O–H groups in total. The van der Waals surface area contributed by atoms with Crippen LogP contribution >= 0.6 is 0 Å². The number of amides is 1. The highest BCUT2D eigenvalue weighted by Crippen LogP contribution is 2.47. The molecule has 4 fully saturated rings. The van der Waals surface area contributed by atoms with Crippen molar-refractivity contribution in [1.29, 1.82) is 0 Å². The lowest BCUT2D eigenvalue weighted by Crippen LogP contribution is -2.47. The van der Waals surface area contributed by atoms with Gasteiger partial charge in [-0.3, -0.25) is 4.90 Å². The van der Waals surface area contributed by atoms with E-state index in [9.17, 15) is 9.18 Å². The molecule has 5 nitrogen and oxygen atoms in total. The van der Waals surface area contributed by atoms with Gasteiger partial charge in [0, 0.05) is 44.1 Å². The third-order valence-electron chi connectivity index (χ3n) is 8.88. The number of carbonyl (C=O) groups excluding carboxylic acids is 1. The summed E-state index contributed by atoms with van der Waals surface area (Å²) in [6.45, 7) is 6.04. The van der Waals surface area contributed by atoms with Gasteiger partial charge in [0.1, 0.15) is 17.2 Å². The smallest absolute Gasteiger partial charge is 0.410 e. The Balaban J connectivity index is 1.17. The van der Waals surface area contributed by atoms with Crippen molar-refractivity contribution in [2.24, 2.45) is 0 Å². The summed E-state index contributed by atoms with van der Waals surface area (Å²) >= 11 is 0. The van der Waals surface area contributed by atoms with E-state index >= 15 is 0 Å². The third kappa shape index (κ3) is 5.22. The van der Waals surface area contributed by atoms with Crippen LogP contribution in [0.25, 0.3) is 11.1 Å². The zero-order valence-corrected chi connectivity index (χ0v) is 22.0. The SMILES string of the molecule is CCOc1cc(-c2ccc(F)cc2)c(C2CC2)cc1CN1CCC2(CC1)CN(C1CCCCC1)C(=O)O2. The highest BCUT2D eigenvalue weighted by molar-refractivity contribution is 5.72. The van der Waals surface area contributed by atoms with Crippen molar-refractivity contribution in [1.82, 2.24) is 9.80 Å². The molecule has 2 aromatic carbocycles. The summed E-state index contributed by atoms with van der Waals surface area (Å²) in [5, 5.41) is 0. The van der Waals surface area contributed by atoms with E-state index in [1.54, 1.807) is 0 Å². The molecule has 6 heteroatoms. The summed E-state index contributed by atoms with van der Waals surface area (Å²) in [5.74, 6) is 1.28. The first-order chi connectivity index (χ1) is 18.0. The maximum Gasteiger partial charge on any atom is 0.410 e. The minimum atomic E-state index is -0.320. The zero-order valence-electron chi connectivity index (χ0n) is 22.0. The van der Waals surface area contributed by atoms with Gasteiger partial charge in [-0.05, 0) is 79.5 Å². The van der Waals surface area contributed by atoms with Gasteiger partial charge in [-0.1, -0.05) is 31.4 Å².